The van der Waals surface area contributed by atoms with Gasteiger partial charge in [0.1, 0.15) is 5.16 Å². The van der Waals surface area contributed by atoms with E-state index in [9.17, 15) is 4.79 Å². The lowest BCUT2D eigenvalue weighted by molar-refractivity contribution is 0.168. The largest absolute Gasteiger partial charge is 0.465 e. The summed E-state index contributed by atoms with van der Waals surface area (Å²) in [5.41, 5.74) is 1.20. The first kappa shape index (κ1) is 12.7. The van der Waals surface area contributed by atoms with E-state index in [1.165, 1.54) is 17.3 Å². The van der Waals surface area contributed by atoms with Crippen LogP contribution in [-0.4, -0.2) is 22.0 Å². The molecule has 0 fully saturated rings. The standard InChI is InChI=1S/C11H10ClNO2S2/c12-9-10(17-7-13(9)11(14)15)16-6-8-4-2-1-3-5-8/h1-5H,6-7H2,(H,14,15). The Morgan fingerprint density at radius 3 is 2.76 bits per heavy atom. The van der Waals surface area contributed by atoms with E-state index in [4.69, 9.17) is 16.7 Å². The molecule has 0 aliphatic carbocycles. The van der Waals surface area contributed by atoms with Gasteiger partial charge in [0.05, 0.1) is 10.1 Å². The maximum Gasteiger partial charge on any atom is 0.413 e. The fourth-order valence-electron chi connectivity index (χ4n) is 1.31. The average molecular weight is 288 g/mol. The van der Waals surface area contributed by atoms with Gasteiger partial charge < -0.3 is 5.11 Å². The zero-order valence-electron chi connectivity index (χ0n) is 8.80. The molecule has 1 heterocycles. The quantitative estimate of drug-likeness (QED) is 0.854. The average Bonchev–Trinajstić information content (AvgIpc) is 2.69. The number of thioether (sulfide) groups is 2. The van der Waals surface area contributed by atoms with E-state index in [-0.39, 0.29) is 0 Å². The molecule has 1 aromatic rings. The molecule has 0 radical (unpaired) electrons. The highest BCUT2D eigenvalue weighted by molar-refractivity contribution is 8.22. The molecule has 90 valence electrons. The second-order valence-electron chi connectivity index (χ2n) is 3.34. The highest BCUT2D eigenvalue weighted by Crippen LogP contribution is 2.42. The number of benzene rings is 1. The smallest absolute Gasteiger partial charge is 0.413 e. The molecule has 1 aliphatic heterocycles. The van der Waals surface area contributed by atoms with Gasteiger partial charge in [-0.1, -0.05) is 53.7 Å². The van der Waals surface area contributed by atoms with Crippen LogP contribution in [0.15, 0.2) is 39.7 Å². The predicted molar refractivity (Wildman–Crippen MR) is 72.9 cm³/mol. The first-order chi connectivity index (χ1) is 8.18. The second-order valence-corrected chi connectivity index (χ2v) is 5.89. The van der Waals surface area contributed by atoms with Crippen molar-refractivity contribution in [1.82, 2.24) is 4.90 Å². The zero-order valence-corrected chi connectivity index (χ0v) is 11.2. The Bertz CT molecular complexity index is 450. The molecule has 0 aromatic heterocycles. The van der Waals surface area contributed by atoms with Crippen LogP contribution in [0.4, 0.5) is 4.79 Å². The molecule has 1 N–H and O–H groups in total. The van der Waals surface area contributed by atoms with Crippen molar-refractivity contribution in [1.29, 1.82) is 0 Å². The summed E-state index contributed by atoms with van der Waals surface area (Å²) in [6, 6.07) is 10.0. The van der Waals surface area contributed by atoms with Crippen LogP contribution in [0.5, 0.6) is 0 Å². The minimum absolute atomic E-state index is 0.323. The Morgan fingerprint density at radius 2 is 2.18 bits per heavy atom. The molecule has 0 atom stereocenters. The van der Waals surface area contributed by atoms with E-state index >= 15 is 0 Å². The summed E-state index contributed by atoms with van der Waals surface area (Å²) in [6.07, 6.45) is -1.00. The molecule has 0 saturated carbocycles. The molecule has 3 nitrogen and oxygen atoms in total. The van der Waals surface area contributed by atoms with E-state index in [0.717, 1.165) is 14.9 Å². The summed E-state index contributed by atoms with van der Waals surface area (Å²) in [5.74, 6) is 1.18. The van der Waals surface area contributed by atoms with Crippen LogP contribution < -0.4 is 0 Å². The van der Waals surface area contributed by atoms with Crippen molar-refractivity contribution in [3.8, 4) is 0 Å². The van der Waals surface area contributed by atoms with Gasteiger partial charge in [0.2, 0.25) is 0 Å². The van der Waals surface area contributed by atoms with Gasteiger partial charge >= 0.3 is 6.09 Å². The van der Waals surface area contributed by atoms with Gasteiger partial charge in [0, 0.05) is 5.75 Å². The van der Waals surface area contributed by atoms with Gasteiger partial charge in [-0.15, -0.1) is 11.8 Å². The number of hydrogen-bond donors (Lipinski definition) is 1. The fraction of sp³-hybridized carbons (Fsp3) is 0.182. The van der Waals surface area contributed by atoms with Crippen LogP contribution in [0.3, 0.4) is 0 Å². The topological polar surface area (TPSA) is 40.5 Å². The molecule has 1 amide bonds. The van der Waals surface area contributed by atoms with E-state index in [1.807, 2.05) is 30.3 Å². The third-order valence-electron chi connectivity index (χ3n) is 2.17. The van der Waals surface area contributed by atoms with Gasteiger partial charge in [-0.3, -0.25) is 4.90 Å². The van der Waals surface area contributed by atoms with Crippen molar-refractivity contribution in [2.75, 3.05) is 5.88 Å². The molecule has 1 aromatic carbocycles. The van der Waals surface area contributed by atoms with Crippen LogP contribution in [0.25, 0.3) is 0 Å². The van der Waals surface area contributed by atoms with Crippen LogP contribution >= 0.6 is 35.1 Å². The van der Waals surface area contributed by atoms with Crippen LogP contribution in [0.1, 0.15) is 5.56 Å². The van der Waals surface area contributed by atoms with Crippen molar-refractivity contribution in [2.45, 2.75) is 5.75 Å². The summed E-state index contributed by atoms with van der Waals surface area (Å²) < 4.78 is 0.873. The van der Waals surface area contributed by atoms with Crippen molar-refractivity contribution in [3.63, 3.8) is 0 Å². The Labute approximate surface area is 113 Å². The summed E-state index contributed by atoms with van der Waals surface area (Å²) in [4.78, 5) is 12.0. The van der Waals surface area contributed by atoms with Gasteiger partial charge in [-0.25, -0.2) is 4.79 Å². The third kappa shape index (κ3) is 3.12. The van der Waals surface area contributed by atoms with Gasteiger partial charge in [0.15, 0.2) is 0 Å². The number of nitrogens with zero attached hydrogens (tertiary/aromatic N) is 1. The summed E-state index contributed by atoms with van der Waals surface area (Å²) in [7, 11) is 0. The normalized spacial score (nSPS) is 15.5. The Balaban J connectivity index is 1.98. The van der Waals surface area contributed by atoms with E-state index in [2.05, 4.69) is 0 Å². The Hall–Kier alpha value is -0.780. The molecule has 0 bridgehead atoms. The molecule has 0 saturated heterocycles. The van der Waals surface area contributed by atoms with E-state index < -0.39 is 6.09 Å². The first-order valence-corrected chi connectivity index (χ1v) is 7.23. The highest BCUT2D eigenvalue weighted by Gasteiger charge is 2.26. The molecule has 1 aliphatic rings. The number of carbonyl (C=O) groups is 1. The Kier molecular flexibility index (Phi) is 4.25. The number of amides is 1. The second kappa shape index (κ2) is 5.71. The third-order valence-corrected chi connectivity index (χ3v) is 5.27. The van der Waals surface area contributed by atoms with Crippen molar-refractivity contribution < 1.29 is 9.90 Å². The highest BCUT2D eigenvalue weighted by atomic mass is 35.5. The number of halogens is 1. The summed E-state index contributed by atoms with van der Waals surface area (Å²) in [5, 5.41) is 9.19. The van der Waals surface area contributed by atoms with Gasteiger partial charge in [-0.05, 0) is 5.56 Å². The zero-order chi connectivity index (χ0) is 12.3. The molecular formula is C11H10ClNO2S2. The lowest BCUT2D eigenvalue weighted by Gasteiger charge is -2.08. The first-order valence-electron chi connectivity index (χ1n) is 4.88. The van der Waals surface area contributed by atoms with Crippen LogP contribution in [0.2, 0.25) is 0 Å². The lowest BCUT2D eigenvalue weighted by Crippen LogP contribution is -2.22. The molecule has 0 spiro atoms. The maximum atomic E-state index is 10.8. The van der Waals surface area contributed by atoms with Gasteiger partial charge in [-0.2, -0.15) is 0 Å². The Morgan fingerprint density at radius 1 is 1.47 bits per heavy atom. The van der Waals surface area contributed by atoms with Crippen molar-refractivity contribution >= 4 is 41.2 Å². The molecular weight excluding hydrogens is 278 g/mol. The van der Waals surface area contributed by atoms with E-state index in [0.29, 0.717) is 11.0 Å². The van der Waals surface area contributed by atoms with Crippen LogP contribution in [0, 0.1) is 0 Å². The monoisotopic (exact) mass is 287 g/mol. The fourth-order valence-corrected chi connectivity index (χ4v) is 3.95. The number of hydrogen-bond acceptors (Lipinski definition) is 3. The molecule has 6 heteroatoms. The molecule has 2 rings (SSSR count). The maximum absolute atomic E-state index is 10.8. The molecule has 0 unspecified atom stereocenters. The number of rotatable bonds is 3. The SMILES string of the molecule is O=C(O)N1CSC(SCc2ccccc2)=C1Cl. The summed E-state index contributed by atoms with van der Waals surface area (Å²) >= 11 is 9.02. The van der Waals surface area contributed by atoms with E-state index in [1.54, 1.807) is 11.8 Å². The predicted octanol–water partition coefficient (Wildman–Crippen LogP) is 3.97. The van der Waals surface area contributed by atoms with Gasteiger partial charge in [0.25, 0.3) is 0 Å². The summed E-state index contributed by atoms with van der Waals surface area (Å²) in [6.45, 7) is 0. The van der Waals surface area contributed by atoms with Crippen molar-refractivity contribution in [3.05, 3.63) is 45.3 Å². The lowest BCUT2D eigenvalue weighted by atomic mass is 10.2. The minimum atomic E-state index is -1.00. The van der Waals surface area contributed by atoms with Crippen LogP contribution in [-0.2, 0) is 5.75 Å². The minimum Gasteiger partial charge on any atom is -0.465 e. The molecule has 17 heavy (non-hydrogen) atoms. The number of carboxylic acid groups (broad SMARTS) is 1. The van der Waals surface area contributed by atoms with Crippen molar-refractivity contribution in [2.24, 2.45) is 0 Å².